The van der Waals surface area contributed by atoms with Gasteiger partial charge in [0, 0.05) is 38.3 Å². The maximum atomic E-state index is 12.1. The molecule has 2 aromatic heterocycles. The number of aryl methyl sites for hydroxylation is 1. The van der Waals surface area contributed by atoms with Crippen LogP contribution in [0, 0.1) is 0 Å². The Morgan fingerprint density at radius 3 is 2.71 bits per heavy atom. The number of halogens is 3. The molecule has 0 aliphatic rings. The number of aromatic nitrogens is 4. The average molecular weight is 399 g/mol. The zero-order chi connectivity index (χ0) is 20.4. The van der Waals surface area contributed by atoms with Crippen LogP contribution in [0.2, 0.25) is 0 Å². The van der Waals surface area contributed by atoms with Gasteiger partial charge in [-0.15, -0.1) is 10.2 Å². The van der Waals surface area contributed by atoms with Crippen LogP contribution in [0.15, 0.2) is 29.6 Å². The lowest BCUT2D eigenvalue weighted by atomic mass is 10.3. The third kappa shape index (κ3) is 7.41. The van der Waals surface area contributed by atoms with E-state index in [9.17, 15) is 13.2 Å². The fourth-order valence-corrected chi connectivity index (χ4v) is 2.29. The van der Waals surface area contributed by atoms with E-state index < -0.39 is 12.8 Å². The number of ether oxygens (including phenoxy) is 1. The Morgan fingerprint density at radius 2 is 2.07 bits per heavy atom. The molecule has 0 aliphatic carbocycles. The summed E-state index contributed by atoms with van der Waals surface area (Å²) < 4.78 is 43.0. The number of hydrogen-bond acceptors (Lipinski definition) is 5. The van der Waals surface area contributed by atoms with Crippen molar-refractivity contribution < 1.29 is 17.9 Å². The summed E-state index contributed by atoms with van der Waals surface area (Å²) in [5.74, 6) is 1.48. The van der Waals surface area contributed by atoms with Crippen molar-refractivity contribution in [3.8, 4) is 5.88 Å². The third-order valence-corrected chi connectivity index (χ3v) is 3.60. The van der Waals surface area contributed by atoms with Crippen LogP contribution in [0.4, 0.5) is 13.2 Å². The molecule has 0 radical (unpaired) electrons. The minimum absolute atomic E-state index is 0.0734. The quantitative estimate of drug-likeness (QED) is 0.495. The lowest BCUT2D eigenvalue weighted by Gasteiger charge is -2.12. The summed E-state index contributed by atoms with van der Waals surface area (Å²) in [7, 11) is 0. The van der Waals surface area contributed by atoms with Gasteiger partial charge < -0.3 is 19.9 Å². The van der Waals surface area contributed by atoms with E-state index in [2.05, 4.69) is 35.5 Å². The predicted molar refractivity (Wildman–Crippen MR) is 98.0 cm³/mol. The molecule has 0 aromatic carbocycles. The van der Waals surface area contributed by atoms with Gasteiger partial charge in [-0.2, -0.15) is 13.2 Å². The van der Waals surface area contributed by atoms with E-state index in [1.807, 2.05) is 18.4 Å². The number of aliphatic imine (C=N–C) groups is 1. The molecule has 0 bridgehead atoms. The van der Waals surface area contributed by atoms with Crippen LogP contribution in [0.1, 0.15) is 25.2 Å². The van der Waals surface area contributed by atoms with Crippen molar-refractivity contribution in [3.63, 3.8) is 0 Å². The van der Waals surface area contributed by atoms with E-state index >= 15 is 0 Å². The van der Waals surface area contributed by atoms with Crippen molar-refractivity contribution in [1.82, 2.24) is 30.4 Å². The monoisotopic (exact) mass is 399 g/mol. The summed E-state index contributed by atoms with van der Waals surface area (Å²) in [4.78, 5) is 8.32. The minimum Gasteiger partial charge on any atom is -0.468 e. The molecule has 0 aliphatic heterocycles. The van der Waals surface area contributed by atoms with Gasteiger partial charge in [0.25, 0.3) is 0 Å². The van der Waals surface area contributed by atoms with Crippen LogP contribution in [0.3, 0.4) is 0 Å². The van der Waals surface area contributed by atoms with Crippen molar-refractivity contribution in [3.05, 3.63) is 36.0 Å². The van der Waals surface area contributed by atoms with Crippen molar-refractivity contribution in [2.75, 3.05) is 19.7 Å². The van der Waals surface area contributed by atoms with E-state index in [-0.39, 0.29) is 5.88 Å². The first-order valence-corrected chi connectivity index (χ1v) is 8.94. The fraction of sp³-hybridized carbons (Fsp3) is 0.529. The highest BCUT2D eigenvalue weighted by atomic mass is 19.4. The van der Waals surface area contributed by atoms with Crippen LogP contribution in [-0.4, -0.2) is 51.6 Å². The summed E-state index contributed by atoms with van der Waals surface area (Å²) in [6.45, 7) is 4.98. The highest BCUT2D eigenvalue weighted by Crippen LogP contribution is 2.17. The van der Waals surface area contributed by atoms with Crippen LogP contribution in [0.5, 0.6) is 5.88 Å². The molecule has 2 aromatic rings. The van der Waals surface area contributed by atoms with Gasteiger partial charge in [0.1, 0.15) is 12.2 Å². The predicted octanol–water partition coefficient (Wildman–Crippen LogP) is 1.93. The van der Waals surface area contributed by atoms with E-state index in [1.165, 1.54) is 12.3 Å². The average Bonchev–Trinajstić information content (AvgIpc) is 3.12. The Morgan fingerprint density at radius 1 is 1.25 bits per heavy atom. The van der Waals surface area contributed by atoms with Gasteiger partial charge >= 0.3 is 6.18 Å². The second kappa shape index (κ2) is 10.5. The van der Waals surface area contributed by atoms with Gasteiger partial charge in [0.05, 0.1) is 6.54 Å². The third-order valence-electron chi connectivity index (χ3n) is 3.60. The van der Waals surface area contributed by atoms with Gasteiger partial charge in [-0.1, -0.05) is 13.0 Å². The van der Waals surface area contributed by atoms with Gasteiger partial charge in [-0.3, -0.25) is 0 Å². The molecular weight excluding hydrogens is 375 g/mol. The first kappa shape index (κ1) is 21.5. The first-order chi connectivity index (χ1) is 13.4. The molecule has 11 heteroatoms. The number of alkyl halides is 3. The number of hydrogen-bond donors (Lipinski definition) is 2. The normalized spacial score (nSPS) is 12.1. The summed E-state index contributed by atoms with van der Waals surface area (Å²) in [6.07, 6.45) is -0.437. The SMILES string of the molecule is CCNC(=NCc1ccc(OCC(F)(F)F)nc1)NCCn1cnnc1CC. The Labute approximate surface area is 161 Å². The zero-order valence-corrected chi connectivity index (χ0v) is 15.8. The van der Waals surface area contributed by atoms with Crippen LogP contribution in [-0.2, 0) is 19.5 Å². The number of nitrogens with one attached hydrogen (secondary N) is 2. The summed E-state index contributed by atoms with van der Waals surface area (Å²) in [6, 6.07) is 3.03. The van der Waals surface area contributed by atoms with E-state index in [0.717, 1.165) is 17.8 Å². The number of guanidine groups is 1. The van der Waals surface area contributed by atoms with Gasteiger partial charge in [-0.25, -0.2) is 9.98 Å². The van der Waals surface area contributed by atoms with Crippen LogP contribution >= 0.6 is 0 Å². The molecule has 154 valence electrons. The highest BCUT2D eigenvalue weighted by molar-refractivity contribution is 5.79. The molecule has 0 unspecified atom stereocenters. The van der Waals surface area contributed by atoms with Crippen LogP contribution in [0.25, 0.3) is 0 Å². The van der Waals surface area contributed by atoms with Gasteiger partial charge in [-0.05, 0) is 12.5 Å². The molecular formula is C17H24F3N7O. The number of nitrogens with zero attached hydrogens (tertiary/aromatic N) is 5. The first-order valence-electron chi connectivity index (χ1n) is 8.94. The molecule has 0 atom stereocenters. The standard InChI is InChI=1S/C17H24F3N7O/c1-3-14-26-25-12-27(14)8-7-22-16(21-4-2)24-10-13-5-6-15(23-9-13)28-11-17(18,19)20/h5-6,9,12H,3-4,7-8,10-11H2,1-2H3,(H2,21,22,24). The summed E-state index contributed by atoms with van der Waals surface area (Å²) in [5.41, 5.74) is 0.753. The molecule has 0 amide bonds. The van der Waals surface area contributed by atoms with Crippen LogP contribution < -0.4 is 15.4 Å². The van der Waals surface area contributed by atoms with Gasteiger partial charge in [0.2, 0.25) is 5.88 Å². The van der Waals surface area contributed by atoms with Crippen molar-refractivity contribution in [2.45, 2.75) is 39.5 Å². The smallest absolute Gasteiger partial charge is 0.422 e. The molecule has 2 heterocycles. The molecule has 2 rings (SSSR count). The van der Waals surface area contributed by atoms with E-state index in [4.69, 9.17) is 0 Å². The van der Waals surface area contributed by atoms with Gasteiger partial charge in [0.15, 0.2) is 12.6 Å². The Hall–Kier alpha value is -2.85. The second-order valence-corrected chi connectivity index (χ2v) is 5.82. The van der Waals surface area contributed by atoms with E-state index in [0.29, 0.717) is 32.1 Å². The fourth-order valence-electron chi connectivity index (χ4n) is 2.29. The second-order valence-electron chi connectivity index (χ2n) is 5.82. The summed E-state index contributed by atoms with van der Waals surface area (Å²) >= 11 is 0. The van der Waals surface area contributed by atoms with E-state index in [1.54, 1.807) is 12.4 Å². The number of rotatable bonds is 9. The maximum Gasteiger partial charge on any atom is 0.422 e. The topological polar surface area (TPSA) is 89.3 Å². The zero-order valence-electron chi connectivity index (χ0n) is 15.8. The molecule has 28 heavy (non-hydrogen) atoms. The number of pyridine rings is 1. The minimum atomic E-state index is -4.39. The molecule has 2 N–H and O–H groups in total. The van der Waals surface area contributed by atoms with Crippen molar-refractivity contribution >= 4 is 5.96 Å². The molecule has 0 saturated heterocycles. The molecule has 0 fully saturated rings. The Balaban J connectivity index is 1.85. The Kier molecular flexibility index (Phi) is 8.02. The lowest BCUT2D eigenvalue weighted by molar-refractivity contribution is -0.154. The molecule has 0 saturated carbocycles. The Bertz CT molecular complexity index is 744. The van der Waals surface area contributed by atoms with Crippen molar-refractivity contribution in [1.29, 1.82) is 0 Å². The molecule has 8 nitrogen and oxygen atoms in total. The molecule has 0 spiro atoms. The maximum absolute atomic E-state index is 12.1. The largest absolute Gasteiger partial charge is 0.468 e. The van der Waals surface area contributed by atoms with Crippen molar-refractivity contribution in [2.24, 2.45) is 4.99 Å². The summed E-state index contributed by atoms with van der Waals surface area (Å²) in [5, 5.41) is 14.3. The lowest BCUT2D eigenvalue weighted by Crippen LogP contribution is -2.38. The highest BCUT2D eigenvalue weighted by Gasteiger charge is 2.28.